The SMILES string of the molecule is CC1CNC(C)(Cc2ccccc2F)OC1.Cl. The van der Waals surface area contributed by atoms with Gasteiger partial charge in [0.2, 0.25) is 0 Å². The second-order valence-electron chi connectivity index (χ2n) is 4.80. The van der Waals surface area contributed by atoms with Crippen molar-refractivity contribution in [2.75, 3.05) is 13.2 Å². The monoisotopic (exact) mass is 259 g/mol. The number of nitrogens with one attached hydrogen (secondary N) is 1. The first-order valence-electron chi connectivity index (χ1n) is 5.71. The van der Waals surface area contributed by atoms with Crippen molar-refractivity contribution >= 4 is 12.4 Å². The van der Waals surface area contributed by atoms with Crippen molar-refractivity contribution < 1.29 is 9.13 Å². The van der Waals surface area contributed by atoms with E-state index in [0.29, 0.717) is 17.9 Å². The number of hydrogen-bond acceptors (Lipinski definition) is 2. The van der Waals surface area contributed by atoms with E-state index in [9.17, 15) is 4.39 Å². The van der Waals surface area contributed by atoms with Crippen molar-refractivity contribution in [3.05, 3.63) is 35.6 Å². The summed E-state index contributed by atoms with van der Waals surface area (Å²) < 4.78 is 19.3. The molecule has 2 atom stereocenters. The topological polar surface area (TPSA) is 21.3 Å². The first-order chi connectivity index (χ1) is 7.59. The van der Waals surface area contributed by atoms with Crippen LogP contribution in [-0.4, -0.2) is 18.9 Å². The van der Waals surface area contributed by atoms with Crippen LogP contribution in [0.15, 0.2) is 24.3 Å². The van der Waals surface area contributed by atoms with E-state index in [2.05, 4.69) is 12.2 Å². The molecule has 0 amide bonds. The van der Waals surface area contributed by atoms with E-state index in [1.54, 1.807) is 6.07 Å². The Labute approximate surface area is 108 Å². The molecule has 2 nitrogen and oxygen atoms in total. The molecule has 1 aliphatic heterocycles. The van der Waals surface area contributed by atoms with E-state index in [-0.39, 0.29) is 18.2 Å². The lowest BCUT2D eigenvalue weighted by Gasteiger charge is -2.38. The molecule has 2 rings (SSSR count). The summed E-state index contributed by atoms with van der Waals surface area (Å²) in [5, 5.41) is 3.33. The van der Waals surface area contributed by atoms with E-state index in [0.717, 1.165) is 13.2 Å². The fourth-order valence-corrected chi connectivity index (χ4v) is 1.94. The summed E-state index contributed by atoms with van der Waals surface area (Å²) in [6.07, 6.45) is 0.562. The summed E-state index contributed by atoms with van der Waals surface area (Å²) in [6, 6.07) is 6.86. The first kappa shape index (κ1) is 14.4. The van der Waals surface area contributed by atoms with E-state index in [1.165, 1.54) is 6.07 Å². The van der Waals surface area contributed by atoms with Gasteiger partial charge in [-0.1, -0.05) is 25.1 Å². The molecule has 1 fully saturated rings. The first-order valence-corrected chi connectivity index (χ1v) is 5.71. The molecule has 0 aromatic heterocycles. The predicted octanol–water partition coefficient (Wildman–Crippen LogP) is 2.76. The molecule has 96 valence electrons. The van der Waals surface area contributed by atoms with Gasteiger partial charge in [0.25, 0.3) is 0 Å². The lowest BCUT2D eigenvalue weighted by atomic mass is 10.0. The van der Waals surface area contributed by atoms with Crippen LogP contribution in [0.2, 0.25) is 0 Å². The van der Waals surface area contributed by atoms with Crippen LogP contribution in [-0.2, 0) is 11.2 Å². The zero-order valence-corrected chi connectivity index (χ0v) is 11.0. The molecule has 0 bridgehead atoms. The molecule has 1 N–H and O–H groups in total. The van der Waals surface area contributed by atoms with Crippen molar-refractivity contribution in [1.29, 1.82) is 0 Å². The molecule has 1 aliphatic rings. The minimum absolute atomic E-state index is 0. The van der Waals surface area contributed by atoms with E-state index in [4.69, 9.17) is 4.74 Å². The van der Waals surface area contributed by atoms with Gasteiger partial charge in [-0.2, -0.15) is 0 Å². The molecule has 17 heavy (non-hydrogen) atoms. The maximum Gasteiger partial charge on any atom is 0.126 e. The van der Waals surface area contributed by atoms with Crippen LogP contribution < -0.4 is 5.32 Å². The van der Waals surface area contributed by atoms with Gasteiger partial charge >= 0.3 is 0 Å². The third-order valence-corrected chi connectivity index (χ3v) is 3.00. The number of benzene rings is 1. The molecule has 0 spiro atoms. The zero-order chi connectivity index (χ0) is 11.6. The van der Waals surface area contributed by atoms with Crippen LogP contribution in [0.4, 0.5) is 4.39 Å². The van der Waals surface area contributed by atoms with Crippen LogP contribution in [0.5, 0.6) is 0 Å². The Morgan fingerprint density at radius 1 is 1.47 bits per heavy atom. The quantitative estimate of drug-likeness (QED) is 0.882. The molecule has 1 heterocycles. The number of halogens is 2. The maximum absolute atomic E-state index is 13.5. The molecule has 2 unspecified atom stereocenters. The fraction of sp³-hybridized carbons (Fsp3) is 0.538. The Morgan fingerprint density at radius 3 is 2.76 bits per heavy atom. The summed E-state index contributed by atoms with van der Waals surface area (Å²) in [5.74, 6) is 0.362. The summed E-state index contributed by atoms with van der Waals surface area (Å²) in [6.45, 7) is 5.77. The van der Waals surface area contributed by atoms with Crippen LogP contribution in [0.25, 0.3) is 0 Å². The Morgan fingerprint density at radius 2 is 2.18 bits per heavy atom. The standard InChI is InChI=1S/C13H18FNO.ClH/c1-10-8-15-13(2,16-9-10)7-11-5-3-4-6-12(11)14;/h3-6,10,15H,7-9H2,1-2H3;1H. The Kier molecular flexibility index (Phi) is 4.92. The predicted molar refractivity (Wildman–Crippen MR) is 68.9 cm³/mol. The van der Waals surface area contributed by atoms with Gasteiger partial charge in [-0.05, 0) is 24.5 Å². The highest BCUT2D eigenvalue weighted by Crippen LogP contribution is 2.21. The van der Waals surface area contributed by atoms with Gasteiger partial charge in [-0.15, -0.1) is 12.4 Å². The van der Waals surface area contributed by atoms with Gasteiger partial charge < -0.3 is 4.74 Å². The molecule has 0 radical (unpaired) electrons. The van der Waals surface area contributed by atoms with Crippen LogP contribution in [0, 0.1) is 11.7 Å². The minimum Gasteiger partial charge on any atom is -0.360 e. The molecule has 4 heteroatoms. The minimum atomic E-state index is -0.436. The molecule has 1 aromatic rings. The van der Waals surface area contributed by atoms with Gasteiger partial charge in [0.15, 0.2) is 0 Å². The van der Waals surface area contributed by atoms with E-state index in [1.807, 2.05) is 19.1 Å². The number of hydrogen-bond donors (Lipinski definition) is 1. The lowest BCUT2D eigenvalue weighted by molar-refractivity contribution is -0.100. The van der Waals surface area contributed by atoms with Crippen molar-refractivity contribution in [3.8, 4) is 0 Å². The average Bonchev–Trinajstić information content (AvgIpc) is 2.27. The van der Waals surface area contributed by atoms with Gasteiger partial charge in [0.1, 0.15) is 11.5 Å². The van der Waals surface area contributed by atoms with E-state index >= 15 is 0 Å². The molecule has 0 saturated carbocycles. The second kappa shape index (κ2) is 5.80. The van der Waals surface area contributed by atoms with Crippen molar-refractivity contribution in [2.24, 2.45) is 5.92 Å². The molecule has 1 aromatic carbocycles. The van der Waals surface area contributed by atoms with Gasteiger partial charge in [0.05, 0.1) is 6.61 Å². The largest absolute Gasteiger partial charge is 0.360 e. The van der Waals surface area contributed by atoms with Gasteiger partial charge in [-0.3, -0.25) is 5.32 Å². The lowest BCUT2D eigenvalue weighted by Crippen LogP contribution is -2.53. The highest BCUT2D eigenvalue weighted by molar-refractivity contribution is 5.85. The number of ether oxygens (including phenoxy) is 1. The smallest absolute Gasteiger partial charge is 0.126 e. The Balaban J connectivity index is 0.00000144. The highest BCUT2D eigenvalue weighted by Gasteiger charge is 2.30. The summed E-state index contributed by atoms with van der Waals surface area (Å²) in [7, 11) is 0. The van der Waals surface area contributed by atoms with Gasteiger partial charge in [-0.25, -0.2) is 4.39 Å². The van der Waals surface area contributed by atoms with Crippen molar-refractivity contribution in [1.82, 2.24) is 5.32 Å². The molecular formula is C13H19ClFNO. The summed E-state index contributed by atoms with van der Waals surface area (Å²) in [5.41, 5.74) is 0.265. The average molecular weight is 260 g/mol. The van der Waals surface area contributed by atoms with Crippen LogP contribution in [0.3, 0.4) is 0 Å². The van der Waals surface area contributed by atoms with Crippen molar-refractivity contribution in [2.45, 2.75) is 26.0 Å². The summed E-state index contributed by atoms with van der Waals surface area (Å²) in [4.78, 5) is 0. The van der Waals surface area contributed by atoms with Crippen molar-refractivity contribution in [3.63, 3.8) is 0 Å². The summed E-state index contributed by atoms with van der Waals surface area (Å²) >= 11 is 0. The maximum atomic E-state index is 13.5. The van der Waals surface area contributed by atoms with E-state index < -0.39 is 5.72 Å². The molecule has 1 saturated heterocycles. The molecular weight excluding hydrogens is 241 g/mol. The third kappa shape index (κ3) is 3.66. The zero-order valence-electron chi connectivity index (χ0n) is 10.2. The van der Waals surface area contributed by atoms with Gasteiger partial charge in [0, 0.05) is 13.0 Å². The van der Waals surface area contributed by atoms with Crippen LogP contribution in [0.1, 0.15) is 19.4 Å². The van der Waals surface area contributed by atoms with Crippen LogP contribution >= 0.6 is 12.4 Å². The Hall–Kier alpha value is -0.640. The normalized spacial score (nSPS) is 28.5. The third-order valence-electron chi connectivity index (χ3n) is 3.00. The molecule has 0 aliphatic carbocycles. The highest BCUT2D eigenvalue weighted by atomic mass is 35.5. The second-order valence-corrected chi connectivity index (χ2v) is 4.80. The number of rotatable bonds is 2. The fourth-order valence-electron chi connectivity index (χ4n) is 1.94. The Bertz CT molecular complexity index is 364.